The molecule has 1 amide bonds. The third-order valence-electron chi connectivity index (χ3n) is 3.59. The molecule has 0 saturated heterocycles. The molecule has 0 aromatic heterocycles. The predicted molar refractivity (Wildman–Crippen MR) is 88.6 cm³/mol. The maximum Gasteiger partial charge on any atom is 0.241 e. The van der Waals surface area contributed by atoms with Crippen LogP contribution in [0.15, 0.2) is 46.9 Å². The zero-order chi connectivity index (χ0) is 14.8. The van der Waals surface area contributed by atoms with Crippen LogP contribution in [0, 0.1) is 0 Å². The quantitative estimate of drug-likeness (QED) is 0.851. The van der Waals surface area contributed by atoms with Crippen LogP contribution in [0.5, 0.6) is 0 Å². The van der Waals surface area contributed by atoms with E-state index in [0.717, 1.165) is 16.7 Å². The number of carbonyl (C=O) groups is 1. The Labute approximate surface area is 136 Å². The fourth-order valence-electron chi connectivity index (χ4n) is 2.45. The number of hydrogen-bond acceptors (Lipinski definition) is 2. The highest BCUT2D eigenvalue weighted by Gasteiger charge is 2.24. The third kappa shape index (κ3) is 3.28. The van der Waals surface area contributed by atoms with E-state index in [0.29, 0.717) is 11.4 Å². The molecule has 0 unspecified atom stereocenters. The van der Waals surface area contributed by atoms with Crippen LogP contribution < -0.4 is 10.6 Å². The van der Waals surface area contributed by atoms with E-state index in [1.807, 2.05) is 12.1 Å². The van der Waals surface area contributed by atoms with Gasteiger partial charge in [0.05, 0.1) is 11.7 Å². The summed E-state index contributed by atoms with van der Waals surface area (Å²) >= 11 is 9.31. The lowest BCUT2D eigenvalue weighted by molar-refractivity contribution is -0.118. The van der Waals surface area contributed by atoms with Crippen molar-refractivity contribution in [2.45, 2.75) is 19.0 Å². The van der Waals surface area contributed by atoms with Gasteiger partial charge in [-0.2, -0.15) is 0 Å². The number of anilines is 1. The molecule has 5 heteroatoms. The molecule has 0 saturated carbocycles. The van der Waals surface area contributed by atoms with Crippen molar-refractivity contribution < 1.29 is 4.79 Å². The molecule has 1 aliphatic rings. The molecule has 0 radical (unpaired) electrons. The maximum atomic E-state index is 12.4. The highest BCUT2D eigenvalue weighted by Crippen LogP contribution is 2.26. The first-order valence-electron chi connectivity index (χ1n) is 6.69. The number of nitrogens with one attached hydrogen (secondary N) is 2. The second-order valence-corrected chi connectivity index (χ2v) is 6.31. The van der Waals surface area contributed by atoms with E-state index >= 15 is 0 Å². The van der Waals surface area contributed by atoms with Gasteiger partial charge in [0, 0.05) is 16.0 Å². The molecule has 1 heterocycles. The SMILES string of the molecule is O=C(Nc1ccc(Cl)cc1Br)[C@@H]1Cc2ccccc2CN1. The summed E-state index contributed by atoms with van der Waals surface area (Å²) in [5.74, 6) is -0.0347. The molecule has 2 aromatic carbocycles. The Bertz CT molecular complexity index is 690. The maximum absolute atomic E-state index is 12.4. The van der Waals surface area contributed by atoms with E-state index in [1.54, 1.807) is 18.2 Å². The fraction of sp³-hybridized carbons (Fsp3) is 0.188. The van der Waals surface area contributed by atoms with Gasteiger partial charge < -0.3 is 10.6 Å². The van der Waals surface area contributed by atoms with Gasteiger partial charge in [0.25, 0.3) is 0 Å². The zero-order valence-corrected chi connectivity index (χ0v) is 13.5. The van der Waals surface area contributed by atoms with Crippen molar-refractivity contribution in [3.05, 3.63) is 63.1 Å². The molecule has 0 fully saturated rings. The second kappa shape index (κ2) is 6.18. The van der Waals surface area contributed by atoms with Crippen LogP contribution in [0.3, 0.4) is 0 Å². The molecule has 3 nitrogen and oxygen atoms in total. The van der Waals surface area contributed by atoms with Gasteiger partial charge in [-0.1, -0.05) is 35.9 Å². The lowest BCUT2D eigenvalue weighted by atomic mass is 9.95. The van der Waals surface area contributed by atoms with Crippen molar-refractivity contribution in [2.75, 3.05) is 5.32 Å². The molecular weight excluding hydrogens is 352 g/mol. The Hall–Kier alpha value is -1.36. The van der Waals surface area contributed by atoms with Crippen molar-refractivity contribution >= 4 is 39.1 Å². The van der Waals surface area contributed by atoms with Crippen molar-refractivity contribution in [1.29, 1.82) is 0 Å². The summed E-state index contributed by atoms with van der Waals surface area (Å²) in [6, 6.07) is 13.3. The van der Waals surface area contributed by atoms with Crippen LogP contribution in [-0.2, 0) is 17.8 Å². The predicted octanol–water partition coefficient (Wildman–Crippen LogP) is 3.76. The van der Waals surface area contributed by atoms with Gasteiger partial charge in [-0.3, -0.25) is 4.79 Å². The molecule has 21 heavy (non-hydrogen) atoms. The number of fused-ring (bicyclic) bond motifs is 1. The van der Waals surface area contributed by atoms with E-state index in [9.17, 15) is 4.79 Å². The molecule has 2 N–H and O–H groups in total. The van der Waals surface area contributed by atoms with Gasteiger partial charge in [0.15, 0.2) is 0 Å². The van der Waals surface area contributed by atoms with E-state index in [-0.39, 0.29) is 11.9 Å². The molecular formula is C16H14BrClN2O. The minimum absolute atomic E-state index is 0.0347. The van der Waals surface area contributed by atoms with Crippen molar-refractivity contribution in [2.24, 2.45) is 0 Å². The third-order valence-corrected chi connectivity index (χ3v) is 4.48. The van der Waals surface area contributed by atoms with E-state index in [1.165, 1.54) is 11.1 Å². The van der Waals surface area contributed by atoms with Gasteiger partial charge in [0.2, 0.25) is 5.91 Å². The van der Waals surface area contributed by atoms with E-state index in [4.69, 9.17) is 11.6 Å². The molecule has 0 aliphatic carbocycles. The smallest absolute Gasteiger partial charge is 0.241 e. The number of rotatable bonds is 2. The minimum Gasteiger partial charge on any atom is -0.324 e. The van der Waals surface area contributed by atoms with Gasteiger partial charge in [0.1, 0.15) is 0 Å². The molecule has 0 bridgehead atoms. The number of carbonyl (C=O) groups excluding carboxylic acids is 1. The first-order chi connectivity index (χ1) is 10.1. The Morgan fingerprint density at radius 3 is 2.76 bits per heavy atom. The molecule has 108 valence electrons. The topological polar surface area (TPSA) is 41.1 Å². The fourth-order valence-corrected chi connectivity index (χ4v) is 3.23. The van der Waals surface area contributed by atoms with Crippen molar-refractivity contribution in [3.8, 4) is 0 Å². The van der Waals surface area contributed by atoms with Gasteiger partial charge >= 0.3 is 0 Å². The van der Waals surface area contributed by atoms with Crippen LogP contribution in [0.4, 0.5) is 5.69 Å². The Morgan fingerprint density at radius 1 is 1.24 bits per heavy atom. The average molecular weight is 366 g/mol. The summed E-state index contributed by atoms with van der Waals surface area (Å²) in [5, 5.41) is 6.83. The van der Waals surface area contributed by atoms with Crippen LogP contribution in [0.25, 0.3) is 0 Å². The normalized spacial score (nSPS) is 17.1. The lowest BCUT2D eigenvalue weighted by Gasteiger charge is -2.25. The molecule has 2 aromatic rings. The van der Waals surface area contributed by atoms with E-state index < -0.39 is 0 Å². The second-order valence-electron chi connectivity index (χ2n) is 5.02. The molecule has 0 spiro atoms. The monoisotopic (exact) mass is 364 g/mol. The van der Waals surface area contributed by atoms with Crippen molar-refractivity contribution in [3.63, 3.8) is 0 Å². The average Bonchev–Trinajstić information content (AvgIpc) is 2.49. The molecule has 3 rings (SSSR count). The summed E-state index contributed by atoms with van der Waals surface area (Å²) in [4.78, 5) is 12.4. The number of halogens is 2. The summed E-state index contributed by atoms with van der Waals surface area (Å²) < 4.78 is 0.777. The zero-order valence-electron chi connectivity index (χ0n) is 11.2. The van der Waals surface area contributed by atoms with Gasteiger partial charge in [-0.15, -0.1) is 0 Å². The van der Waals surface area contributed by atoms with Crippen LogP contribution in [-0.4, -0.2) is 11.9 Å². The summed E-state index contributed by atoms with van der Waals surface area (Å²) in [7, 11) is 0. The summed E-state index contributed by atoms with van der Waals surface area (Å²) in [6.45, 7) is 0.718. The van der Waals surface area contributed by atoms with E-state index in [2.05, 4.69) is 38.7 Å². The first kappa shape index (κ1) is 14.6. The Balaban J connectivity index is 1.72. The molecule has 1 atom stereocenters. The Morgan fingerprint density at radius 2 is 2.00 bits per heavy atom. The number of amides is 1. The van der Waals surface area contributed by atoms with Crippen LogP contribution in [0.1, 0.15) is 11.1 Å². The van der Waals surface area contributed by atoms with Gasteiger partial charge in [-0.25, -0.2) is 0 Å². The highest BCUT2D eigenvalue weighted by molar-refractivity contribution is 9.10. The number of benzene rings is 2. The highest BCUT2D eigenvalue weighted by atomic mass is 79.9. The Kier molecular flexibility index (Phi) is 4.29. The first-order valence-corrected chi connectivity index (χ1v) is 7.86. The van der Waals surface area contributed by atoms with Crippen molar-refractivity contribution in [1.82, 2.24) is 5.32 Å². The summed E-state index contributed by atoms with van der Waals surface area (Å²) in [5.41, 5.74) is 3.21. The van der Waals surface area contributed by atoms with Crippen LogP contribution in [0.2, 0.25) is 5.02 Å². The lowest BCUT2D eigenvalue weighted by Crippen LogP contribution is -2.44. The number of hydrogen-bond donors (Lipinski definition) is 2. The summed E-state index contributed by atoms with van der Waals surface area (Å²) in [6.07, 6.45) is 0.702. The van der Waals surface area contributed by atoms with Gasteiger partial charge in [-0.05, 0) is 51.7 Å². The molecule has 1 aliphatic heterocycles. The standard InChI is InChI=1S/C16H14BrClN2O/c17-13-8-12(18)5-6-14(13)20-16(21)15-7-10-3-1-2-4-11(10)9-19-15/h1-6,8,15,19H,7,9H2,(H,20,21)/t15-/m0/s1. The minimum atomic E-state index is -0.220. The largest absolute Gasteiger partial charge is 0.324 e. The van der Waals surface area contributed by atoms with Crippen LogP contribution >= 0.6 is 27.5 Å².